The van der Waals surface area contributed by atoms with E-state index in [1.165, 1.54) is 0 Å². The van der Waals surface area contributed by atoms with Crippen LogP contribution in [0.5, 0.6) is 5.75 Å². The first-order valence-electron chi connectivity index (χ1n) is 6.68. The zero-order valence-electron chi connectivity index (χ0n) is 12.4. The van der Waals surface area contributed by atoms with E-state index in [1.807, 2.05) is 32.0 Å². The molecular formula is C15H19N3O2S. The molecule has 1 aromatic heterocycles. The topological polar surface area (TPSA) is 62.2 Å². The van der Waals surface area contributed by atoms with E-state index < -0.39 is 0 Å². The summed E-state index contributed by atoms with van der Waals surface area (Å²) in [5.41, 5.74) is 7.27. The number of methoxy groups -OCH3 is 1. The summed E-state index contributed by atoms with van der Waals surface area (Å²) in [4.78, 5) is 12.5. The Morgan fingerprint density at radius 3 is 2.62 bits per heavy atom. The fraction of sp³-hybridized carbons (Fsp3) is 0.333. The third-order valence-electron chi connectivity index (χ3n) is 3.31. The molecule has 0 saturated carbocycles. The van der Waals surface area contributed by atoms with Crippen molar-refractivity contribution in [2.45, 2.75) is 26.4 Å². The van der Waals surface area contributed by atoms with E-state index in [9.17, 15) is 4.79 Å². The summed E-state index contributed by atoms with van der Waals surface area (Å²) in [6, 6.07) is 5.72. The second-order valence-electron chi connectivity index (χ2n) is 5.11. The van der Waals surface area contributed by atoms with Crippen molar-refractivity contribution < 1.29 is 4.74 Å². The normalized spacial score (nSPS) is 10.9. The molecule has 0 atom stereocenters. The van der Waals surface area contributed by atoms with Gasteiger partial charge in [0.25, 0.3) is 0 Å². The number of benzene rings is 1. The highest BCUT2D eigenvalue weighted by Crippen LogP contribution is 2.20. The maximum Gasteiger partial charge on any atom is 0.328 e. The van der Waals surface area contributed by atoms with Gasteiger partial charge in [-0.25, -0.2) is 4.79 Å². The Kier molecular flexibility index (Phi) is 4.47. The van der Waals surface area contributed by atoms with Crippen LogP contribution < -0.4 is 16.2 Å². The lowest BCUT2D eigenvalue weighted by atomic mass is 10.1. The monoisotopic (exact) mass is 305 g/mol. The summed E-state index contributed by atoms with van der Waals surface area (Å²) in [6.45, 7) is 4.43. The number of hydrogen-bond donors (Lipinski definition) is 1. The minimum Gasteiger partial charge on any atom is -0.496 e. The van der Waals surface area contributed by atoms with Crippen molar-refractivity contribution in [2.24, 2.45) is 5.73 Å². The Balaban J connectivity index is 2.32. The van der Waals surface area contributed by atoms with E-state index in [2.05, 4.69) is 0 Å². The average Bonchev–Trinajstić information content (AvgIpc) is 2.80. The Morgan fingerprint density at radius 1 is 1.38 bits per heavy atom. The van der Waals surface area contributed by atoms with Gasteiger partial charge in [0.15, 0.2) is 0 Å². The first-order valence-corrected chi connectivity index (χ1v) is 7.09. The highest BCUT2D eigenvalue weighted by molar-refractivity contribution is 7.80. The minimum atomic E-state index is -0.0256. The number of ether oxygens (including phenoxy) is 1. The highest BCUT2D eigenvalue weighted by Gasteiger charge is 2.10. The molecule has 0 spiro atoms. The largest absolute Gasteiger partial charge is 0.496 e. The predicted molar refractivity (Wildman–Crippen MR) is 87.1 cm³/mol. The van der Waals surface area contributed by atoms with Gasteiger partial charge in [0.05, 0.1) is 19.2 Å². The molecular weight excluding hydrogens is 286 g/mol. The standard InChI is InChI=1S/C15H19N3O2S/c1-10(2)18-7-6-17(15(18)19)9-11-4-5-12(14(16)21)13(8-11)20-3/h4-8,10H,9H2,1-3H3,(H2,16,21). The number of imidazole rings is 1. The minimum absolute atomic E-state index is 0.0256. The second kappa shape index (κ2) is 6.13. The lowest BCUT2D eigenvalue weighted by molar-refractivity contribution is 0.413. The van der Waals surface area contributed by atoms with Crippen LogP contribution >= 0.6 is 12.2 Å². The van der Waals surface area contributed by atoms with E-state index in [0.717, 1.165) is 5.56 Å². The molecule has 0 amide bonds. The van der Waals surface area contributed by atoms with E-state index in [-0.39, 0.29) is 11.7 Å². The van der Waals surface area contributed by atoms with Crippen LogP contribution in [0.1, 0.15) is 31.0 Å². The van der Waals surface area contributed by atoms with E-state index in [0.29, 0.717) is 22.8 Å². The first kappa shape index (κ1) is 15.3. The van der Waals surface area contributed by atoms with Crippen LogP contribution in [0.2, 0.25) is 0 Å². The zero-order valence-corrected chi connectivity index (χ0v) is 13.2. The molecule has 5 nitrogen and oxygen atoms in total. The van der Waals surface area contributed by atoms with E-state index in [1.54, 1.807) is 28.6 Å². The molecule has 2 aromatic rings. The van der Waals surface area contributed by atoms with Gasteiger partial charge in [-0.2, -0.15) is 0 Å². The van der Waals surface area contributed by atoms with Gasteiger partial charge in [0.2, 0.25) is 0 Å². The Hall–Kier alpha value is -2.08. The van der Waals surface area contributed by atoms with E-state index >= 15 is 0 Å². The summed E-state index contributed by atoms with van der Waals surface area (Å²) in [5, 5.41) is 0. The lowest BCUT2D eigenvalue weighted by Crippen LogP contribution is -2.25. The van der Waals surface area contributed by atoms with E-state index in [4.69, 9.17) is 22.7 Å². The molecule has 2 rings (SSSR count). The molecule has 1 heterocycles. The maximum absolute atomic E-state index is 12.2. The molecule has 6 heteroatoms. The molecule has 112 valence electrons. The lowest BCUT2D eigenvalue weighted by Gasteiger charge is -2.10. The van der Waals surface area contributed by atoms with Crippen LogP contribution in [0, 0.1) is 0 Å². The summed E-state index contributed by atoms with van der Waals surface area (Å²) in [5.74, 6) is 0.622. The van der Waals surface area contributed by atoms with Gasteiger partial charge in [-0.3, -0.25) is 9.13 Å². The molecule has 0 bridgehead atoms. The molecule has 0 fully saturated rings. The summed E-state index contributed by atoms with van der Waals surface area (Å²) >= 11 is 4.98. The van der Waals surface area contributed by atoms with Crippen LogP contribution in [-0.4, -0.2) is 21.2 Å². The van der Waals surface area contributed by atoms with Crippen molar-refractivity contribution in [3.8, 4) is 5.75 Å². The summed E-state index contributed by atoms with van der Waals surface area (Å²) in [6.07, 6.45) is 3.59. The van der Waals surface area contributed by atoms with Crippen LogP contribution in [0.3, 0.4) is 0 Å². The SMILES string of the molecule is COc1cc(Cn2ccn(C(C)C)c2=O)ccc1C(N)=S. The summed E-state index contributed by atoms with van der Waals surface area (Å²) in [7, 11) is 1.57. The summed E-state index contributed by atoms with van der Waals surface area (Å²) < 4.78 is 8.66. The van der Waals surface area contributed by atoms with Crippen LogP contribution in [0.4, 0.5) is 0 Å². The number of thiocarbonyl (C=S) groups is 1. The molecule has 2 N–H and O–H groups in total. The van der Waals surface area contributed by atoms with Gasteiger partial charge in [0.1, 0.15) is 10.7 Å². The molecule has 0 aliphatic carbocycles. The molecule has 0 radical (unpaired) electrons. The molecule has 0 saturated heterocycles. The average molecular weight is 305 g/mol. The fourth-order valence-corrected chi connectivity index (χ4v) is 2.34. The van der Waals surface area contributed by atoms with Crippen LogP contribution in [0.15, 0.2) is 35.4 Å². The number of rotatable bonds is 5. The fourth-order valence-electron chi connectivity index (χ4n) is 2.18. The molecule has 21 heavy (non-hydrogen) atoms. The van der Waals surface area contributed by atoms with Gasteiger partial charge in [-0.15, -0.1) is 0 Å². The van der Waals surface area contributed by atoms with Gasteiger partial charge >= 0.3 is 5.69 Å². The van der Waals surface area contributed by atoms with Crippen LogP contribution in [-0.2, 0) is 6.54 Å². The number of aromatic nitrogens is 2. The van der Waals surface area contributed by atoms with Gasteiger partial charge in [-0.1, -0.05) is 18.3 Å². The van der Waals surface area contributed by atoms with Crippen molar-refractivity contribution >= 4 is 17.2 Å². The van der Waals surface area contributed by atoms with Crippen molar-refractivity contribution in [1.29, 1.82) is 0 Å². The number of nitrogens with zero attached hydrogens (tertiary/aromatic N) is 2. The number of nitrogens with two attached hydrogens (primary N) is 1. The third kappa shape index (κ3) is 3.16. The molecule has 1 aromatic carbocycles. The third-order valence-corrected chi connectivity index (χ3v) is 3.53. The van der Waals surface area contributed by atoms with Crippen LogP contribution in [0.25, 0.3) is 0 Å². The quantitative estimate of drug-likeness (QED) is 0.857. The number of hydrogen-bond acceptors (Lipinski definition) is 3. The van der Waals surface area contributed by atoms with Gasteiger partial charge < -0.3 is 10.5 Å². The smallest absolute Gasteiger partial charge is 0.328 e. The van der Waals surface area contributed by atoms with Crippen molar-refractivity contribution in [1.82, 2.24) is 9.13 Å². The first-order chi connectivity index (χ1) is 9.93. The van der Waals surface area contributed by atoms with Gasteiger partial charge in [0, 0.05) is 18.4 Å². The van der Waals surface area contributed by atoms with Crippen molar-refractivity contribution in [2.75, 3.05) is 7.11 Å². The highest BCUT2D eigenvalue weighted by atomic mass is 32.1. The zero-order chi connectivity index (χ0) is 15.6. The Labute approximate surface area is 129 Å². The molecule has 0 aliphatic rings. The molecule has 0 aliphatic heterocycles. The Bertz CT molecular complexity index is 716. The van der Waals surface area contributed by atoms with Crippen molar-refractivity contribution in [3.05, 3.63) is 52.2 Å². The van der Waals surface area contributed by atoms with Crippen molar-refractivity contribution in [3.63, 3.8) is 0 Å². The maximum atomic E-state index is 12.2. The predicted octanol–water partition coefficient (Wildman–Crippen LogP) is 1.92. The van der Waals surface area contributed by atoms with Gasteiger partial charge in [-0.05, 0) is 31.5 Å². The molecule has 0 unspecified atom stereocenters. The Morgan fingerprint density at radius 2 is 2.10 bits per heavy atom. The second-order valence-corrected chi connectivity index (χ2v) is 5.55.